The zero-order chi connectivity index (χ0) is 12.1. The first kappa shape index (κ1) is 12.9. The SMILES string of the molecule is CCOC(=O)C(O)Cc1ccc(F)cc1Cl. The fourth-order valence-corrected chi connectivity index (χ4v) is 1.46. The Balaban J connectivity index is 2.69. The summed E-state index contributed by atoms with van der Waals surface area (Å²) in [5.74, 6) is -1.16. The molecular weight excluding hydrogens is 235 g/mol. The summed E-state index contributed by atoms with van der Waals surface area (Å²) in [5, 5.41) is 9.65. The fraction of sp³-hybridized carbons (Fsp3) is 0.364. The smallest absolute Gasteiger partial charge is 0.335 e. The third kappa shape index (κ3) is 3.47. The van der Waals surface area contributed by atoms with Crippen LogP contribution in [0.1, 0.15) is 12.5 Å². The molecule has 88 valence electrons. The third-order valence-corrected chi connectivity index (χ3v) is 2.34. The van der Waals surface area contributed by atoms with Gasteiger partial charge in [0.05, 0.1) is 6.61 Å². The van der Waals surface area contributed by atoms with E-state index in [9.17, 15) is 14.3 Å². The number of aliphatic hydroxyl groups excluding tert-OH is 1. The first-order chi connectivity index (χ1) is 7.54. The van der Waals surface area contributed by atoms with Gasteiger partial charge >= 0.3 is 5.97 Å². The lowest BCUT2D eigenvalue weighted by atomic mass is 10.1. The average molecular weight is 247 g/mol. The highest BCUT2D eigenvalue weighted by Crippen LogP contribution is 2.19. The van der Waals surface area contributed by atoms with Crippen LogP contribution in [0.5, 0.6) is 0 Å². The summed E-state index contributed by atoms with van der Waals surface area (Å²) >= 11 is 5.75. The fourth-order valence-electron chi connectivity index (χ4n) is 1.22. The van der Waals surface area contributed by atoms with E-state index in [1.807, 2.05) is 0 Å². The minimum Gasteiger partial charge on any atom is -0.464 e. The van der Waals surface area contributed by atoms with E-state index >= 15 is 0 Å². The molecule has 16 heavy (non-hydrogen) atoms. The van der Waals surface area contributed by atoms with Crippen LogP contribution in [0.2, 0.25) is 5.02 Å². The molecule has 0 saturated heterocycles. The zero-order valence-corrected chi connectivity index (χ0v) is 9.50. The summed E-state index contributed by atoms with van der Waals surface area (Å²) in [7, 11) is 0. The lowest BCUT2D eigenvalue weighted by Gasteiger charge is -2.10. The summed E-state index contributed by atoms with van der Waals surface area (Å²) in [6.45, 7) is 1.85. The Morgan fingerprint density at radius 2 is 2.31 bits per heavy atom. The molecule has 5 heteroatoms. The van der Waals surface area contributed by atoms with Crippen molar-refractivity contribution in [2.75, 3.05) is 6.61 Å². The van der Waals surface area contributed by atoms with Crippen molar-refractivity contribution in [1.29, 1.82) is 0 Å². The number of aliphatic hydroxyl groups is 1. The van der Waals surface area contributed by atoms with Crippen LogP contribution in [0.4, 0.5) is 4.39 Å². The second kappa shape index (κ2) is 5.82. The van der Waals surface area contributed by atoms with Crippen LogP contribution in [0.25, 0.3) is 0 Å². The molecule has 0 aliphatic rings. The van der Waals surface area contributed by atoms with Crippen molar-refractivity contribution in [3.63, 3.8) is 0 Å². The van der Waals surface area contributed by atoms with Gasteiger partial charge in [0.15, 0.2) is 6.10 Å². The number of carbonyl (C=O) groups excluding carboxylic acids is 1. The van der Waals surface area contributed by atoms with Gasteiger partial charge in [0.1, 0.15) is 5.82 Å². The minimum atomic E-state index is -1.28. The standard InChI is InChI=1S/C11H12ClFO3/c1-2-16-11(15)10(14)5-7-3-4-8(13)6-9(7)12/h3-4,6,10,14H,2,5H2,1H3. The van der Waals surface area contributed by atoms with Gasteiger partial charge in [0.25, 0.3) is 0 Å². The number of esters is 1. The maximum atomic E-state index is 12.7. The number of benzene rings is 1. The molecule has 1 aromatic rings. The monoisotopic (exact) mass is 246 g/mol. The number of hydrogen-bond donors (Lipinski definition) is 1. The van der Waals surface area contributed by atoms with Crippen molar-refractivity contribution >= 4 is 17.6 Å². The van der Waals surface area contributed by atoms with E-state index in [1.54, 1.807) is 6.92 Å². The Morgan fingerprint density at radius 1 is 1.62 bits per heavy atom. The van der Waals surface area contributed by atoms with Crippen molar-refractivity contribution in [1.82, 2.24) is 0 Å². The largest absolute Gasteiger partial charge is 0.464 e. The zero-order valence-electron chi connectivity index (χ0n) is 8.74. The van der Waals surface area contributed by atoms with Crippen LogP contribution < -0.4 is 0 Å². The van der Waals surface area contributed by atoms with Crippen LogP contribution in [-0.2, 0) is 16.0 Å². The Labute approximate surface area is 97.8 Å². The molecule has 3 nitrogen and oxygen atoms in total. The van der Waals surface area contributed by atoms with Crippen molar-refractivity contribution in [2.24, 2.45) is 0 Å². The maximum absolute atomic E-state index is 12.7. The number of halogens is 2. The molecule has 0 fully saturated rings. The number of ether oxygens (including phenoxy) is 1. The van der Waals surface area contributed by atoms with E-state index in [0.717, 1.165) is 6.07 Å². The van der Waals surface area contributed by atoms with E-state index in [0.29, 0.717) is 5.56 Å². The van der Waals surface area contributed by atoms with Gasteiger partial charge in [-0.1, -0.05) is 17.7 Å². The maximum Gasteiger partial charge on any atom is 0.335 e. The molecule has 0 heterocycles. The molecule has 0 saturated carbocycles. The van der Waals surface area contributed by atoms with Crippen molar-refractivity contribution < 1.29 is 19.0 Å². The van der Waals surface area contributed by atoms with Crippen LogP contribution in [0, 0.1) is 5.82 Å². The van der Waals surface area contributed by atoms with Crippen LogP contribution in [0.15, 0.2) is 18.2 Å². The minimum absolute atomic E-state index is 0.0119. The first-order valence-electron chi connectivity index (χ1n) is 4.83. The molecule has 1 N–H and O–H groups in total. The van der Waals surface area contributed by atoms with Crippen molar-refractivity contribution in [3.05, 3.63) is 34.6 Å². The van der Waals surface area contributed by atoms with Gasteiger partial charge in [-0.05, 0) is 24.6 Å². The molecule has 0 amide bonds. The molecule has 0 spiro atoms. The van der Waals surface area contributed by atoms with E-state index in [-0.39, 0.29) is 18.1 Å². The second-order valence-corrected chi connectivity index (χ2v) is 3.61. The van der Waals surface area contributed by atoms with Gasteiger partial charge in [-0.15, -0.1) is 0 Å². The average Bonchev–Trinajstić information content (AvgIpc) is 2.22. The normalized spacial score (nSPS) is 12.2. The van der Waals surface area contributed by atoms with Gasteiger partial charge in [0, 0.05) is 11.4 Å². The summed E-state index contributed by atoms with van der Waals surface area (Å²) in [6.07, 6.45) is -1.26. The second-order valence-electron chi connectivity index (χ2n) is 3.21. The molecular formula is C11H12ClFO3. The highest BCUT2D eigenvalue weighted by atomic mass is 35.5. The van der Waals surface area contributed by atoms with Gasteiger partial charge in [-0.25, -0.2) is 9.18 Å². The van der Waals surface area contributed by atoms with Crippen LogP contribution >= 0.6 is 11.6 Å². The van der Waals surface area contributed by atoms with E-state index < -0.39 is 17.9 Å². The third-order valence-electron chi connectivity index (χ3n) is 1.99. The Kier molecular flexibility index (Phi) is 4.71. The van der Waals surface area contributed by atoms with E-state index in [1.165, 1.54) is 12.1 Å². The highest BCUT2D eigenvalue weighted by Gasteiger charge is 2.18. The van der Waals surface area contributed by atoms with Gasteiger partial charge in [0.2, 0.25) is 0 Å². The molecule has 1 rings (SSSR count). The van der Waals surface area contributed by atoms with Crippen LogP contribution in [0.3, 0.4) is 0 Å². The molecule has 1 aromatic carbocycles. The Bertz CT molecular complexity index is 381. The number of hydrogen-bond acceptors (Lipinski definition) is 3. The molecule has 0 aromatic heterocycles. The molecule has 1 unspecified atom stereocenters. The summed E-state index contributed by atoms with van der Waals surface area (Å²) in [4.78, 5) is 11.1. The van der Waals surface area contributed by atoms with Crippen LogP contribution in [-0.4, -0.2) is 23.8 Å². The van der Waals surface area contributed by atoms with Gasteiger partial charge in [-0.2, -0.15) is 0 Å². The molecule has 1 atom stereocenters. The summed E-state index contributed by atoms with van der Waals surface area (Å²) < 4.78 is 17.4. The Hall–Kier alpha value is -1.13. The van der Waals surface area contributed by atoms with Gasteiger partial charge in [-0.3, -0.25) is 0 Å². The van der Waals surface area contributed by atoms with Gasteiger partial charge < -0.3 is 9.84 Å². The first-order valence-corrected chi connectivity index (χ1v) is 5.21. The number of carbonyl (C=O) groups is 1. The molecule has 0 aliphatic heterocycles. The number of rotatable bonds is 4. The Morgan fingerprint density at radius 3 is 2.88 bits per heavy atom. The quantitative estimate of drug-likeness (QED) is 0.826. The van der Waals surface area contributed by atoms with E-state index in [4.69, 9.17) is 11.6 Å². The molecule has 0 bridgehead atoms. The lowest BCUT2D eigenvalue weighted by Crippen LogP contribution is -2.25. The van der Waals surface area contributed by atoms with Crippen molar-refractivity contribution in [2.45, 2.75) is 19.4 Å². The van der Waals surface area contributed by atoms with E-state index in [2.05, 4.69) is 4.74 Å². The van der Waals surface area contributed by atoms with Crippen molar-refractivity contribution in [3.8, 4) is 0 Å². The molecule has 0 aliphatic carbocycles. The lowest BCUT2D eigenvalue weighted by molar-refractivity contribution is -0.152. The predicted octanol–water partition coefficient (Wildman–Crippen LogP) is 1.95. The predicted molar refractivity (Wildman–Crippen MR) is 57.8 cm³/mol. The topological polar surface area (TPSA) is 46.5 Å². The molecule has 0 radical (unpaired) electrons. The highest BCUT2D eigenvalue weighted by molar-refractivity contribution is 6.31. The summed E-state index contributed by atoms with van der Waals surface area (Å²) in [5.41, 5.74) is 0.503. The summed E-state index contributed by atoms with van der Waals surface area (Å²) in [6, 6.07) is 3.79.